The summed E-state index contributed by atoms with van der Waals surface area (Å²) >= 11 is 6.27. The number of sulfonamides is 1. The summed E-state index contributed by atoms with van der Waals surface area (Å²) in [5.74, 6) is -0.408. The molecule has 1 N–H and O–H groups in total. The van der Waals surface area contributed by atoms with Crippen molar-refractivity contribution in [1.82, 2.24) is 4.31 Å². The van der Waals surface area contributed by atoms with Crippen LogP contribution in [0.4, 0.5) is 11.4 Å². The van der Waals surface area contributed by atoms with Crippen LogP contribution in [0.5, 0.6) is 5.75 Å². The molecule has 4 rings (SSSR count). The number of benzene rings is 3. The van der Waals surface area contributed by atoms with Crippen LogP contribution in [0.3, 0.4) is 0 Å². The van der Waals surface area contributed by atoms with Gasteiger partial charge in [-0.3, -0.25) is 14.9 Å². The van der Waals surface area contributed by atoms with Gasteiger partial charge in [-0.1, -0.05) is 41.9 Å². The zero-order valence-electron chi connectivity index (χ0n) is 18.7. The summed E-state index contributed by atoms with van der Waals surface area (Å²) in [5.41, 5.74) is 2.90. The number of nitrogens with one attached hydrogen (secondary N) is 1. The first-order valence-corrected chi connectivity index (χ1v) is 12.5. The van der Waals surface area contributed by atoms with Crippen molar-refractivity contribution in [2.24, 2.45) is 0 Å². The van der Waals surface area contributed by atoms with Gasteiger partial charge in [0.15, 0.2) is 6.61 Å². The predicted molar refractivity (Wildman–Crippen MR) is 131 cm³/mol. The maximum Gasteiger partial charge on any atom is 0.271 e. The molecule has 0 saturated carbocycles. The molecule has 3 aromatic rings. The summed E-state index contributed by atoms with van der Waals surface area (Å²) < 4.78 is 33.2. The second kappa shape index (κ2) is 10.0. The minimum atomic E-state index is -3.77. The summed E-state index contributed by atoms with van der Waals surface area (Å²) in [6, 6.07) is 16.0. The lowest BCUT2D eigenvalue weighted by molar-refractivity contribution is -0.384. The maximum absolute atomic E-state index is 13.2. The van der Waals surface area contributed by atoms with Gasteiger partial charge in [-0.2, -0.15) is 4.31 Å². The van der Waals surface area contributed by atoms with E-state index in [9.17, 15) is 23.3 Å². The van der Waals surface area contributed by atoms with Gasteiger partial charge in [-0.15, -0.1) is 0 Å². The van der Waals surface area contributed by atoms with Gasteiger partial charge < -0.3 is 10.1 Å². The number of ether oxygens (including phenoxy) is 1. The minimum absolute atomic E-state index is 0.0332. The Balaban J connectivity index is 1.42. The van der Waals surface area contributed by atoms with Crippen LogP contribution in [0.2, 0.25) is 5.02 Å². The van der Waals surface area contributed by atoms with E-state index in [0.29, 0.717) is 24.2 Å². The van der Waals surface area contributed by atoms with Crippen molar-refractivity contribution in [2.45, 2.75) is 24.8 Å². The molecule has 3 aromatic carbocycles. The molecule has 0 radical (unpaired) electrons. The third kappa shape index (κ3) is 5.45. The Hall–Kier alpha value is -3.47. The van der Waals surface area contributed by atoms with Gasteiger partial charge >= 0.3 is 0 Å². The molecule has 11 heteroatoms. The SMILES string of the molecule is Cc1ccc([N+](=O)[O-])cc1NC(=O)COc1ccc(S(=O)(=O)N2CCc3ccccc3C2)cc1Cl. The number of rotatable bonds is 7. The molecular formula is C24H22ClN3O6S. The van der Waals surface area contributed by atoms with E-state index in [4.69, 9.17) is 16.3 Å². The second-order valence-corrected chi connectivity index (χ2v) is 10.4. The predicted octanol–water partition coefficient (Wildman–Crippen LogP) is 4.32. The van der Waals surface area contributed by atoms with Gasteiger partial charge in [0.1, 0.15) is 5.75 Å². The Bertz CT molecular complexity index is 1410. The molecule has 0 atom stereocenters. The lowest BCUT2D eigenvalue weighted by Crippen LogP contribution is -2.35. The first-order valence-electron chi connectivity index (χ1n) is 10.7. The van der Waals surface area contributed by atoms with Crippen molar-refractivity contribution in [3.63, 3.8) is 0 Å². The highest BCUT2D eigenvalue weighted by Gasteiger charge is 2.28. The van der Waals surface area contributed by atoms with Crippen molar-refractivity contribution >= 4 is 38.9 Å². The highest BCUT2D eigenvalue weighted by Crippen LogP contribution is 2.31. The van der Waals surface area contributed by atoms with Gasteiger partial charge in [0.2, 0.25) is 10.0 Å². The van der Waals surface area contributed by atoms with E-state index < -0.39 is 27.5 Å². The van der Waals surface area contributed by atoms with E-state index in [0.717, 1.165) is 11.1 Å². The Morgan fingerprint density at radius 1 is 1.14 bits per heavy atom. The normalized spacial score (nSPS) is 13.7. The average molecular weight is 516 g/mol. The fraction of sp³-hybridized carbons (Fsp3) is 0.208. The zero-order chi connectivity index (χ0) is 25.2. The number of fused-ring (bicyclic) bond motifs is 1. The van der Waals surface area contributed by atoms with Crippen LogP contribution >= 0.6 is 11.6 Å². The molecule has 1 heterocycles. The molecule has 0 fully saturated rings. The Morgan fingerprint density at radius 2 is 1.89 bits per heavy atom. The molecular weight excluding hydrogens is 494 g/mol. The lowest BCUT2D eigenvalue weighted by Gasteiger charge is -2.28. The standard InChI is InChI=1S/C24H22ClN3O6S/c1-16-6-7-19(28(30)31)12-22(16)26-24(29)15-34-23-9-8-20(13-21(23)25)35(32,33)27-11-10-17-4-2-3-5-18(17)14-27/h2-9,12-13H,10-11,14-15H2,1H3,(H,26,29). The largest absolute Gasteiger partial charge is 0.482 e. The molecule has 35 heavy (non-hydrogen) atoms. The number of nitro benzene ring substituents is 1. The zero-order valence-corrected chi connectivity index (χ0v) is 20.3. The monoisotopic (exact) mass is 515 g/mol. The van der Waals surface area contributed by atoms with Crippen molar-refractivity contribution in [1.29, 1.82) is 0 Å². The van der Waals surface area contributed by atoms with Gasteiger partial charge in [0.05, 0.1) is 20.5 Å². The highest BCUT2D eigenvalue weighted by molar-refractivity contribution is 7.89. The number of carbonyl (C=O) groups excluding carboxylic acids is 1. The van der Waals surface area contributed by atoms with E-state index in [1.165, 1.54) is 40.7 Å². The third-order valence-corrected chi connectivity index (χ3v) is 7.84. The number of amides is 1. The molecule has 1 aliphatic rings. The van der Waals surface area contributed by atoms with Crippen LogP contribution < -0.4 is 10.1 Å². The fourth-order valence-electron chi connectivity index (χ4n) is 3.77. The average Bonchev–Trinajstić information content (AvgIpc) is 2.84. The summed E-state index contributed by atoms with van der Waals surface area (Å²) in [5, 5.41) is 13.6. The number of halogens is 1. The molecule has 0 aromatic heterocycles. The Morgan fingerprint density at radius 3 is 2.60 bits per heavy atom. The lowest BCUT2D eigenvalue weighted by atomic mass is 10.0. The first-order chi connectivity index (χ1) is 16.6. The topological polar surface area (TPSA) is 119 Å². The van der Waals surface area contributed by atoms with Crippen LogP contribution in [0.15, 0.2) is 65.6 Å². The molecule has 0 spiro atoms. The van der Waals surface area contributed by atoms with E-state index in [2.05, 4.69) is 5.32 Å². The number of non-ortho nitro benzene ring substituents is 1. The molecule has 0 unspecified atom stereocenters. The van der Waals surface area contributed by atoms with Crippen molar-refractivity contribution < 1.29 is 22.9 Å². The first kappa shape index (κ1) is 24.6. The minimum Gasteiger partial charge on any atom is -0.482 e. The maximum atomic E-state index is 13.2. The summed E-state index contributed by atoms with van der Waals surface area (Å²) in [4.78, 5) is 22.8. The second-order valence-electron chi connectivity index (χ2n) is 8.04. The summed E-state index contributed by atoms with van der Waals surface area (Å²) in [6.07, 6.45) is 0.628. The molecule has 9 nitrogen and oxygen atoms in total. The number of hydrogen-bond acceptors (Lipinski definition) is 6. The number of carbonyl (C=O) groups is 1. The number of nitro groups is 1. The molecule has 0 aliphatic carbocycles. The van der Waals surface area contributed by atoms with E-state index >= 15 is 0 Å². The Kier molecular flexibility index (Phi) is 7.06. The molecule has 0 bridgehead atoms. The third-order valence-electron chi connectivity index (χ3n) is 5.70. The van der Waals surface area contributed by atoms with E-state index in [-0.39, 0.29) is 27.9 Å². The van der Waals surface area contributed by atoms with Gasteiger partial charge in [-0.05, 0) is 48.2 Å². The highest BCUT2D eigenvalue weighted by atomic mass is 35.5. The van der Waals surface area contributed by atoms with Crippen LogP contribution in [-0.4, -0.2) is 36.7 Å². The number of hydrogen-bond donors (Lipinski definition) is 1. The van der Waals surface area contributed by atoms with Gasteiger partial charge in [-0.25, -0.2) is 8.42 Å². The van der Waals surface area contributed by atoms with E-state index in [1.807, 2.05) is 24.3 Å². The van der Waals surface area contributed by atoms with Gasteiger partial charge in [0, 0.05) is 25.2 Å². The fourth-order valence-corrected chi connectivity index (χ4v) is 5.52. The van der Waals surface area contributed by atoms with Crippen LogP contribution in [0.25, 0.3) is 0 Å². The quantitative estimate of drug-likeness (QED) is 0.369. The smallest absolute Gasteiger partial charge is 0.271 e. The van der Waals surface area contributed by atoms with Crippen molar-refractivity contribution in [2.75, 3.05) is 18.5 Å². The summed E-state index contributed by atoms with van der Waals surface area (Å²) in [6.45, 7) is 1.94. The van der Waals surface area contributed by atoms with Crippen LogP contribution in [0, 0.1) is 17.0 Å². The number of aryl methyl sites for hydroxylation is 1. The Labute approximate surface area is 207 Å². The number of nitrogens with zero attached hydrogens (tertiary/aromatic N) is 2. The molecule has 182 valence electrons. The molecule has 1 aliphatic heterocycles. The summed E-state index contributed by atoms with van der Waals surface area (Å²) in [7, 11) is -3.77. The number of anilines is 1. The van der Waals surface area contributed by atoms with Crippen LogP contribution in [0.1, 0.15) is 16.7 Å². The van der Waals surface area contributed by atoms with Crippen LogP contribution in [-0.2, 0) is 27.8 Å². The van der Waals surface area contributed by atoms with E-state index in [1.54, 1.807) is 6.92 Å². The molecule has 1 amide bonds. The molecule has 0 saturated heterocycles. The van der Waals surface area contributed by atoms with Crippen molar-refractivity contribution in [3.05, 3.63) is 92.5 Å². The van der Waals surface area contributed by atoms with Crippen molar-refractivity contribution in [3.8, 4) is 5.75 Å². The van der Waals surface area contributed by atoms with Gasteiger partial charge in [0.25, 0.3) is 11.6 Å².